The van der Waals surface area contributed by atoms with Gasteiger partial charge < -0.3 is 19.1 Å². The maximum absolute atomic E-state index is 11.7. The van der Waals surface area contributed by atoms with Gasteiger partial charge in [0.15, 0.2) is 0 Å². The number of aliphatic hydroxyl groups is 1. The third kappa shape index (κ3) is 6.54. The van der Waals surface area contributed by atoms with Gasteiger partial charge in [0, 0.05) is 10.6 Å². The Morgan fingerprint density at radius 3 is 2.30 bits per heavy atom. The monoisotopic (exact) mass is 432 g/mol. The Balaban J connectivity index is 1.57. The van der Waals surface area contributed by atoms with Crippen molar-refractivity contribution < 1.29 is 23.9 Å². The van der Waals surface area contributed by atoms with E-state index >= 15 is 0 Å². The van der Waals surface area contributed by atoms with E-state index in [9.17, 15) is 9.90 Å². The first-order chi connectivity index (χ1) is 14.5. The number of benzene rings is 2. The summed E-state index contributed by atoms with van der Waals surface area (Å²) in [6.45, 7) is 4.38. The Bertz CT molecular complexity index is 801. The first-order valence-corrected chi connectivity index (χ1v) is 10.9. The van der Waals surface area contributed by atoms with Crippen molar-refractivity contribution in [3.63, 3.8) is 0 Å². The molecule has 0 aromatic heterocycles. The number of methoxy groups -OCH3 is 1. The Hall–Kier alpha value is -1.92. The lowest BCUT2D eigenvalue weighted by atomic mass is 10.0. The van der Waals surface area contributed by atoms with Crippen LogP contribution in [0, 0.1) is 0 Å². The summed E-state index contributed by atoms with van der Waals surface area (Å²) in [7, 11) is 1.39. The normalized spacial score (nSPS) is 16.8. The Labute approximate surface area is 183 Å². The minimum atomic E-state index is -0.523. The number of rotatable bonds is 9. The van der Waals surface area contributed by atoms with Crippen LogP contribution in [0.25, 0.3) is 0 Å². The highest BCUT2D eigenvalue weighted by molar-refractivity contribution is 6.30. The lowest BCUT2D eigenvalue weighted by molar-refractivity contribution is -0.947. The fourth-order valence-electron chi connectivity index (χ4n) is 4.23. The molecule has 0 spiro atoms. The topological polar surface area (TPSA) is 55.8 Å². The maximum atomic E-state index is 11.7. The number of halogens is 1. The van der Waals surface area contributed by atoms with Crippen molar-refractivity contribution in [2.45, 2.75) is 38.5 Å². The van der Waals surface area contributed by atoms with Gasteiger partial charge in [-0.1, -0.05) is 35.9 Å². The lowest BCUT2D eigenvalue weighted by Crippen LogP contribution is -2.55. The second kappa shape index (κ2) is 10.9. The van der Waals surface area contributed by atoms with Crippen molar-refractivity contribution in [1.29, 1.82) is 0 Å². The fraction of sp³-hybridized carbons (Fsp3) is 0.458. The Morgan fingerprint density at radius 2 is 1.67 bits per heavy atom. The van der Waals surface area contributed by atoms with E-state index in [0.29, 0.717) is 30.3 Å². The Morgan fingerprint density at radius 1 is 1.03 bits per heavy atom. The molecule has 30 heavy (non-hydrogen) atoms. The van der Waals surface area contributed by atoms with Crippen LogP contribution in [0.15, 0.2) is 48.5 Å². The van der Waals surface area contributed by atoms with Crippen LogP contribution in [0.1, 0.15) is 40.7 Å². The minimum Gasteiger partial charge on any atom is -0.465 e. The van der Waals surface area contributed by atoms with E-state index in [-0.39, 0.29) is 5.97 Å². The highest BCUT2D eigenvalue weighted by atomic mass is 35.5. The molecular weight excluding hydrogens is 402 g/mol. The second-order valence-electron chi connectivity index (χ2n) is 8.17. The van der Waals surface area contributed by atoms with Crippen molar-refractivity contribution in [2.75, 3.05) is 33.4 Å². The molecule has 0 amide bonds. The highest BCUT2D eigenvalue weighted by Gasteiger charge is 2.32. The van der Waals surface area contributed by atoms with E-state index in [1.807, 2.05) is 48.5 Å². The number of nitrogens with zero attached hydrogens (tertiary/aromatic N) is 1. The van der Waals surface area contributed by atoms with Gasteiger partial charge >= 0.3 is 5.97 Å². The zero-order valence-corrected chi connectivity index (χ0v) is 18.3. The van der Waals surface area contributed by atoms with E-state index in [4.69, 9.17) is 21.1 Å². The zero-order valence-electron chi connectivity index (χ0n) is 17.6. The van der Waals surface area contributed by atoms with Gasteiger partial charge in [-0.05, 0) is 49.1 Å². The van der Waals surface area contributed by atoms with E-state index in [2.05, 4.69) is 0 Å². The molecule has 1 fully saturated rings. The molecule has 0 bridgehead atoms. The first-order valence-electron chi connectivity index (χ1n) is 10.5. The van der Waals surface area contributed by atoms with Crippen LogP contribution in [0.2, 0.25) is 5.02 Å². The van der Waals surface area contributed by atoms with E-state index in [1.54, 1.807) is 0 Å². The smallest absolute Gasteiger partial charge is 0.337 e. The molecule has 0 aliphatic carbocycles. The quantitative estimate of drug-likeness (QED) is 0.476. The van der Waals surface area contributed by atoms with Crippen molar-refractivity contribution in [3.8, 4) is 0 Å². The summed E-state index contributed by atoms with van der Waals surface area (Å²) in [6.07, 6.45) is 3.05. The fourth-order valence-corrected chi connectivity index (χ4v) is 4.36. The number of quaternary nitrogens is 1. The molecule has 0 unspecified atom stereocenters. The molecule has 0 saturated carbocycles. The molecule has 162 valence electrons. The second-order valence-corrected chi connectivity index (χ2v) is 8.61. The molecule has 0 radical (unpaired) electrons. The summed E-state index contributed by atoms with van der Waals surface area (Å²) in [5.74, 6) is -0.323. The maximum Gasteiger partial charge on any atom is 0.337 e. The third-order valence-corrected chi connectivity index (χ3v) is 6.00. The number of carbonyl (C=O) groups excluding carboxylic acids is 1. The average Bonchev–Trinajstić information content (AvgIpc) is 2.75. The predicted octanol–water partition coefficient (Wildman–Crippen LogP) is 4.21. The minimum absolute atomic E-state index is 0.309. The molecule has 3 rings (SSSR count). The lowest BCUT2D eigenvalue weighted by Gasteiger charge is -2.43. The van der Waals surface area contributed by atoms with Crippen molar-refractivity contribution >= 4 is 17.6 Å². The van der Waals surface area contributed by atoms with Crippen LogP contribution < -0.4 is 0 Å². The molecular formula is C24H31ClNO4+. The summed E-state index contributed by atoms with van der Waals surface area (Å²) in [4.78, 5) is 11.7. The van der Waals surface area contributed by atoms with Gasteiger partial charge in [-0.2, -0.15) is 0 Å². The van der Waals surface area contributed by atoms with Gasteiger partial charge in [0.25, 0.3) is 0 Å². The summed E-state index contributed by atoms with van der Waals surface area (Å²) >= 11 is 5.91. The molecule has 1 N–H and O–H groups in total. The molecule has 1 atom stereocenters. The van der Waals surface area contributed by atoms with Crippen LogP contribution in [-0.2, 0) is 22.6 Å². The number of likely N-dealkylation sites (tertiary alicyclic amines) is 1. The van der Waals surface area contributed by atoms with Crippen LogP contribution in [0.4, 0.5) is 0 Å². The van der Waals surface area contributed by atoms with Crippen molar-refractivity contribution in [3.05, 3.63) is 70.2 Å². The highest BCUT2D eigenvalue weighted by Crippen LogP contribution is 2.24. The third-order valence-electron chi connectivity index (χ3n) is 5.75. The van der Waals surface area contributed by atoms with Gasteiger partial charge in [0.1, 0.15) is 19.2 Å². The van der Waals surface area contributed by atoms with Gasteiger partial charge in [0.05, 0.1) is 39.0 Å². The number of esters is 1. The van der Waals surface area contributed by atoms with Crippen molar-refractivity contribution in [1.82, 2.24) is 0 Å². The molecule has 1 heterocycles. The molecule has 1 aliphatic rings. The average molecular weight is 433 g/mol. The number of ether oxygens (including phenoxy) is 2. The van der Waals surface area contributed by atoms with Crippen molar-refractivity contribution in [2.24, 2.45) is 0 Å². The van der Waals surface area contributed by atoms with Crippen LogP contribution >= 0.6 is 11.6 Å². The molecule has 2 aromatic rings. The first kappa shape index (κ1) is 22.8. The Kier molecular flexibility index (Phi) is 8.28. The summed E-state index contributed by atoms with van der Waals surface area (Å²) in [5, 5.41) is 11.4. The summed E-state index contributed by atoms with van der Waals surface area (Å²) in [6, 6.07) is 15.2. The predicted molar refractivity (Wildman–Crippen MR) is 117 cm³/mol. The summed E-state index contributed by atoms with van der Waals surface area (Å²) < 4.78 is 11.4. The molecule has 1 aliphatic heterocycles. The molecule has 5 nitrogen and oxygen atoms in total. The van der Waals surface area contributed by atoms with Gasteiger partial charge in [-0.15, -0.1) is 0 Å². The molecule has 2 aromatic carbocycles. The largest absolute Gasteiger partial charge is 0.465 e. The number of aliphatic hydroxyl groups excluding tert-OH is 1. The molecule has 6 heteroatoms. The van der Waals surface area contributed by atoms with Crippen LogP contribution in [0.5, 0.6) is 0 Å². The van der Waals surface area contributed by atoms with Gasteiger partial charge in [-0.3, -0.25) is 0 Å². The molecule has 1 saturated heterocycles. The SMILES string of the molecule is COC(=O)c1ccc(C[N+]2(C[C@H](O)COCc3ccc(Cl)cc3)CCCCC2)cc1. The van der Waals surface area contributed by atoms with Crippen LogP contribution in [0.3, 0.4) is 0 Å². The summed E-state index contributed by atoms with van der Waals surface area (Å²) in [5.41, 5.74) is 2.76. The standard InChI is InChI=1S/C24H31ClNO4/c1-29-24(28)21-9-5-19(6-10-21)15-26(13-3-2-4-14-26)16-23(27)18-30-17-20-7-11-22(25)12-8-20/h5-12,23,27H,2-4,13-18H2,1H3/q+1/t23-/m0/s1. The zero-order chi connectivity index (χ0) is 21.4. The number of hydrogen-bond acceptors (Lipinski definition) is 4. The van der Waals surface area contributed by atoms with Gasteiger partial charge in [-0.25, -0.2) is 4.79 Å². The van der Waals surface area contributed by atoms with Crippen LogP contribution in [-0.4, -0.2) is 55.0 Å². The van der Waals surface area contributed by atoms with E-state index in [0.717, 1.165) is 29.7 Å². The number of hydrogen-bond donors (Lipinski definition) is 1. The van der Waals surface area contributed by atoms with E-state index < -0.39 is 6.10 Å². The van der Waals surface area contributed by atoms with E-state index in [1.165, 1.54) is 31.9 Å². The number of piperidine rings is 1. The number of carbonyl (C=O) groups is 1. The van der Waals surface area contributed by atoms with Gasteiger partial charge in [0.2, 0.25) is 0 Å².